The zero-order valence-electron chi connectivity index (χ0n) is 15.7. The maximum atomic E-state index is 12.5. The molecule has 4 rings (SSSR count). The maximum Gasteiger partial charge on any atom is 0.221 e. The number of hydrogen-bond acceptors (Lipinski definition) is 4. The van der Waals surface area contributed by atoms with Crippen molar-refractivity contribution in [3.8, 4) is 0 Å². The van der Waals surface area contributed by atoms with Gasteiger partial charge < -0.3 is 14.5 Å². The average molecular weight is 376 g/mol. The second-order valence-electron chi connectivity index (χ2n) is 6.98. The summed E-state index contributed by atoms with van der Waals surface area (Å²) < 4.78 is 11.6. The molecule has 0 saturated carbocycles. The number of furan rings is 1. The summed E-state index contributed by atoms with van der Waals surface area (Å²) >= 11 is 0. The molecule has 5 heteroatoms. The highest BCUT2D eigenvalue weighted by atomic mass is 16.5. The van der Waals surface area contributed by atoms with E-state index in [0.29, 0.717) is 26.1 Å². The fourth-order valence-electron chi connectivity index (χ4n) is 3.53. The molecule has 1 saturated heterocycles. The van der Waals surface area contributed by atoms with Gasteiger partial charge in [0.25, 0.3) is 0 Å². The van der Waals surface area contributed by atoms with Crippen molar-refractivity contribution < 1.29 is 13.9 Å². The number of hydrogen-bond donors (Lipinski definition) is 1. The fourth-order valence-corrected chi connectivity index (χ4v) is 3.53. The first-order valence-corrected chi connectivity index (χ1v) is 9.55. The van der Waals surface area contributed by atoms with Crippen LogP contribution in [0, 0.1) is 0 Å². The molecule has 3 aromatic rings. The summed E-state index contributed by atoms with van der Waals surface area (Å²) in [5.41, 5.74) is 2.27. The zero-order chi connectivity index (χ0) is 19.2. The lowest BCUT2D eigenvalue weighted by Gasteiger charge is -2.26. The number of carbonyl (C=O) groups excluding carboxylic acids is 1. The molecule has 1 amide bonds. The third-order valence-corrected chi connectivity index (χ3v) is 4.96. The van der Waals surface area contributed by atoms with Crippen LogP contribution in [0.5, 0.6) is 0 Å². The molecule has 1 N–H and O–H groups in total. The van der Waals surface area contributed by atoms with Crippen molar-refractivity contribution in [1.82, 2.24) is 10.2 Å². The van der Waals surface area contributed by atoms with Gasteiger partial charge in [0.15, 0.2) is 6.23 Å². The number of amides is 1. The molecule has 2 unspecified atom stereocenters. The Morgan fingerprint density at radius 1 is 0.964 bits per heavy atom. The fraction of sp³-hybridized carbons (Fsp3) is 0.261. The SMILES string of the molecule is O=C(CC1COC(c2ccco2)N1Cc1ccccc1)NCc1ccccc1. The Labute approximate surface area is 164 Å². The van der Waals surface area contributed by atoms with Crippen molar-refractivity contribution in [3.05, 3.63) is 95.9 Å². The van der Waals surface area contributed by atoms with E-state index in [1.165, 1.54) is 5.56 Å². The largest absolute Gasteiger partial charge is 0.465 e. The molecular weight excluding hydrogens is 352 g/mol. The summed E-state index contributed by atoms with van der Waals surface area (Å²) in [4.78, 5) is 14.8. The third kappa shape index (κ3) is 4.50. The zero-order valence-corrected chi connectivity index (χ0v) is 15.7. The van der Waals surface area contributed by atoms with Crippen LogP contribution in [-0.4, -0.2) is 23.5 Å². The second-order valence-corrected chi connectivity index (χ2v) is 6.98. The first-order chi connectivity index (χ1) is 13.8. The molecular formula is C23H24N2O3. The van der Waals surface area contributed by atoms with Gasteiger partial charge in [0, 0.05) is 25.6 Å². The van der Waals surface area contributed by atoms with Crippen LogP contribution in [0.25, 0.3) is 0 Å². The van der Waals surface area contributed by atoms with Crippen LogP contribution in [0.15, 0.2) is 83.5 Å². The molecule has 1 aliphatic rings. The molecule has 0 radical (unpaired) electrons. The van der Waals surface area contributed by atoms with Gasteiger partial charge in [-0.1, -0.05) is 60.7 Å². The molecule has 28 heavy (non-hydrogen) atoms. The van der Waals surface area contributed by atoms with Gasteiger partial charge in [-0.25, -0.2) is 0 Å². The normalized spacial score (nSPS) is 19.6. The molecule has 2 atom stereocenters. The number of carbonyl (C=O) groups is 1. The lowest BCUT2D eigenvalue weighted by molar-refractivity contribution is -0.122. The Hall–Kier alpha value is -2.89. The third-order valence-electron chi connectivity index (χ3n) is 4.96. The molecule has 1 aliphatic heterocycles. The predicted molar refractivity (Wildman–Crippen MR) is 106 cm³/mol. The molecule has 2 heterocycles. The molecule has 0 bridgehead atoms. The Kier molecular flexibility index (Phi) is 5.85. The highest BCUT2D eigenvalue weighted by Gasteiger charge is 2.37. The van der Waals surface area contributed by atoms with E-state index in [9.17, 15) is 4.79 Å². The summed E-state index contributed by atoms with van der Waals surface area (Å²) in [6.45, 7) is 1.73. The highest BCUT2D eigenvalue weighted by molar-refractivity contribution is 5.76. The Morgan fingerprint density at radius 2 is 1.68 bits per heavy atom. The summed E-state index contributed by atoms with van der Waals surface area (Å²) in [7, 11) is 0. The van der Waals surface area contributed by atoms with Gasteiger partial charge in [-0.15, -0.1) is 0 Å². The van der Waals surface area contributed by atoms with Crippen molar-refractivity contribution in [1.29, 1.82) is 0 Å². The van der Waals surface area contributed by atoms with E-state index in [4.69, 9.17) is 9.15 Å². The Bertz CT molecular complexity index is 865. The first-order valence-electron chi connectivity index (χ1n) is 9.55. The summed E-state index contributed by atoms with van der Waals surface area (Å²) in [6, 6.07) is 23.9. The van der Waals surface area contributed by atoms with E-state index in [0.717, 1.165) is 11.3 Å². The predicted octanol–water partition coefficient (Wildman–Crippen LogP) is 3.89. The molecule has 1 fully saturated rings. The van der Waals surface area contributed by atoms with Gasteiger partial charge >= 0.3 is 0 Å². The first kappa shape index (κ1) is 18.5. The van der Waals surface area contributed by atoms with Crippen LogP contribution in [0.1, 0.15) is 29.5 Å². The average Bonchev–Trinajstić information content (AvgIpc) is 3.39. The van der Waals surface area contributed by atoms with E-state index in [1.54, 1.807) is 6.26 Å². The van der Waals surface area contributed by atoms with Crippen LogP contribution in [0.3, 0.4) is 0 Å². The Balaban J connectivity index is 1.43. The minimum absolute atomic E-state index is 0.00826. The minimum Gasteiger partial charge on any atom is -0.465 e. The number of nitrogens with one attached hydrogen (secondary N) is 1. The van der Waals surface area contributed by atoms with Crippen molar-refractivity contribution in [3.63, 3.8) is 0 Å². The quantitative estimate of drug-likeness (QED) is 0.680. The van der Waals surface area contributed by atoms with E-state index in [2.05, 4.69) is 22.3 Å². The van der Waals surface area contributed by atoms with Gasteiger partial charge in [0.1, 0.15) is 5.76 Å². The standard InChI is InChI=1S/C23H24N2O3/c26-22(24-15-18-8-3-1-4-9-18)14-20-17-28-23(21-12-7-13-27-21)25(20)16-19-10-5-2-6-11-19/h1-13,20,23H,14-17H2,(H,24,26). The lowest BCUT2D eigenvalue weighted by Crippen LogP contribution is -2.37. The van der Waals surface area contributed by atoms with Crippen molar-refractivity contribution >= 4 is 5.91 Å². The van der Waals surface area contributed by atoms with Crippen molar-refractivity contribution in [2.45, 2.75) is 31.8 Å². The van der Waals surface area contributed by atoms with Gasteiger partial charge in [-0.2, -0.15) is 0 Å². The summed E-state index contributed by atoms with van der Waals surface area (Å²) in [5.74, 6) is 0.790. The molecule has 2 aromatic carbocycles. The number of ether oxygens (including phenoxy) is 1. The molecule has 0 spiro atoms. The van der Waals surface area contributed by atoms with Crippen molar-refractivity contribution in [2.24, 2.45) is 0 Å². The second kappa shape index (κ2) is 8.87. The smallest absolute Gasteiger partial charge is 0.221 e. The molecule has 5 nitrogen and oxygen atoms in total. The van der Waals surface area contributed by atoms with E-state index >= 15 is 0 Å². The van der Waals surface area contributed by atoms with Crippen molar-refractivity contribution in [2.75, 3.05) is 6.61 Å². The molecule has 0 aliphatic carbocycles. The van der Waals surface area contributed by atoms with E-state index in [1.807, 2.05) is 60.7 Å². The summed E-state index contributed by atoms with van der Waals surface area (Å²) in [6.07, 6.45) is 1.76. The topological polar surface area (TPSA) is 54.7 Å². The number of benzene rings is 2. The monoisotopic (exact) mass is 376 g/mol. The van der Waals surface area contributed by atoms with Gasteiger partial charge in [-0.3, -0.25) is 9.69 Å². The van der Waals surface area contributed by atoms with Crippen LogP contribution >= 0.6 is 0 Å². The lowest BCUT2D eigenvalue weighted by atomic mass is 10.1. The van der Waals surface area contributed by atoms with E-state index < -0.39 is 0 Å². The highest BCUT2D eigenvalue weighted by Crippen LogP contribution is 2.33. The van der Waals surface area contributed by atoms with Crippen LogP contribution < -0.4 is 5.32 Å². The number of rotatable bonds is 7. The van der Waals surface area contributed by atoms with Crippen LogP contribution in [-0.2, 0) is 22.6 Å². The number of nitrogens with zero attached hydrogens (tertiary/aromatic N) is 1. The molecule has 144 valence electrons. The van der Waals surface area contributed by atoms with Gasteiger partial charge in [0.2, 0.25) is 5.91 Å². The molecule has 1 aromatic heterocycles. The van der Waals surface area contributed by atoms with Gasteiger partial charge in [-0.05, 0) is 23.3 Å². The van der Waals surface area contributed by atoms with E-state index in [-0.39, 0.29) is 18.2 Å². The van der Waals surface area contributed by atoms with Crippen LogP contribution in [0.2, 0.25) is 0 Å². The minimum atomic E-state index is -0.276. The van der Waals surface area contributed by atoms with Crippen LogP contribution in [0.4, 0.5) is 0 Å². The Morgan fingerprint density at radius 3 is 2.36 bits per heavy atom. The summed E-state index contributed by atoms with van der Waals surface area (Å²) in [5, 5.41) is 3.02. The maximum absolute atomic E-state index is 12.5. The van der Waals surface area contributed by atoms with Gasteiger partial charge in [0.05, 0.1) is 12.9 Å².